The van der Waals surface area contributed by atoms with Gasteiger partial charge in [0, 0.05) is 17.4 Å². The molecular weight excluding hydrogens is 312 g/mol. The summed E-state index contributed by atoms with van der Waals surface area (Å²) in [5.41, 5.74) is 4.37. The van der Waals surface area contributed by atoms with Crippen molar-refractivity contribution in [2.75, 3.05) is 17.7 Å². The molecule has 25 heavy (non-hydrogen) atoms. The molecule has 0 bridgehead atoms. The molecule has 2 N–H and O–H groups in total. The van der Waals surface area contributed by atoms with Gasteiger partial charge in [-0.3, -0.25) is 0 Å². The number of hydrogen-bond acceptors (Lipinski definition) is 5. The Hall–Kier alpha value is -3.08. The maximum absolute atomic E-state index is 5.18. The van der Waals surface area contributed by atoms with Gasteiger partial charge in [-0.1, -0.05) is 12.1 Å². The number of benzene rings is 2. The second-order valence-electron chi connectivity index (χ2n) is 5.98. The summed E-state index contributed by atoms with van der Waals surface area (Å²) in [6, 6.07) is 15.9. The number of aryl methyl sites for hydroxylation is 3. The Kier molecular flexibility index (Phi) is 4.84. The number of nitrogens with one attached hydrogen (secondary N) is 2. The van der Waals surface area contributed by atoms with E-state index in [0.29, 0.717) is 5.82 Å². The van der Waals surface area contributed by atoms with E-state index in [1.165, 1.54) is 11.1 Å². The summed E-state index contributed by atoms with van der Waals surface area (Å²) in [5, 5.41) is 6.69. The summed E-state index contributed by atoms with van der Waals surface area (Å²) < 4.78 is 5.18. The first-order valence-electron chi connectivity index (χ1n) is 8.14. The highest BCUT2D eigenvalue weighted by atomic mass is 16.5. The zero-order valence-electron chi connectivity index (χ0n) is 14.9. The Morgan fingerprint density at radius 2 is 1.48 bits per heavy atom. The lowest BCUT2D eigenvalue weighted by atomic mass is 10.1. The highest BCUT2D eigenvalue weighted by molar-refractivity contribution is 5.65. The van der Waals surface area contributed by atoms with Gasteiger partial charge in [0.15, 0.2) is 0 Å². The zero-order valence-corrected chi connectivity index (χ0v) is 14.9. The largest absolute Gasteiger partial charge is 0.497 e. The molecule has 1 aromatic heterocycles. The lowest BCUT2D eigenvalue weighted by Gasteiger charge is -2.12. The van der Waals surface area contributed by atoms with E-state index >= 15 is 0 Å². The van der Waals surface area contributed by atoms with Gasteiger partial charge in [-0.25, -0.2) is 9.97 Å². The molecule has 0 spiro atoms. The molecule has 128 valence electrons. The first-order chi connectivity index (χ1) is 12.0. The monoisotopic (exact) mass is 334 g/mol. The normalized spacial score (nSPS) is 10.4. The van der Waals surface area contributed by atoms with Crippen molar-refractivity contribution >= 4 is 23.0 Å². The van der Waals surface area contributed by atoms with Gasteiger partial charge >= 0.3 is 0 Å². The average Bonchev–Trinajstić information content (AvgIpc) is 2.58. The Morgan fingerprint density at radius 1 is 0.800 bits per heavy atom. The lowest BCUT2D eigenvalue weighted by Crippen LogP contribution is -2.02. The number of hydrogen-bond donors (Lipinski definition) is 2. The van der Waals surface area contributed by atoms with Gasteiger partial charge in [0.2, 0.25) is 0 Å². The summed E-state index contributed by atoms with van der Waals surface area (Å²) in [7, 11) is 1.65. The maximum Gasteiger partial charge on any atom is 0.136 e. The van der Waals surface area contributed by atoms with E-state index in [-0.39, 0.29) is 0 Å². The van der Waals surface area contributed by atoms with Crippen LogP contribution in [0.3, 0.4) is 0 Å². The molecule has 0 amide bonds. The van der Waals surface area contributed by atoms with Crippen molar-refractivity contribution in [3.8, 4) is 5.75 Å². The van der Waals surface area contributed by atoms with Gasteiger partial charge in [0.05, 0.1) is 7.11 Å². The fourth-order valence-corrected chi connectivity index (χ4v) is 2.53. The van der Waals surface area contributed by atoms with E-state index in [4.69, 9.17) is 4.74 Å². The molecule has 5 nitrogen and oxygen atoms in total. The molecular formula is C20H22N4O. The average molecular weight is 334 g/mol. The van der Waals surface area contributed by atoms with E-state index in [9.17, 15) is 0 Å². The van der Waals surface area contributed by atoms with E-state index in [1.54, 1.807) is 7.11 Å². The molecule has 1 heterocycles. The molecule has 3 rings (SSSR count). The van der Waals surface area contributed by atoms with Crippen LogP contribution in [-0.4, -0.2) is 17.1 Å². The van der Waals surface area contributed by atoms with Crippen molar-refractivity contribution in [3.63, 3.8) is 0 Å². The third-order valence-electron chi connectivity index (χ3n) is 3.86. The number of anilines is 4. The van der Waals surface area contributed by atoms with Crippen molar-refractivity contribution in [1.29, 1.82) is 0 Å². The van der Waals surface area contributed by atoms with Crippen molar-refractivity contribution in [2.24, 2.45) is 0 Å². The number of methoxy groups -OCH3 is 1. The van der Waals surface area contributed by atoms with Gasteiger partial charge in [-0.15, -0.1) is 0 Å². The highest BCUT2D eigenvalue weighted by Crippen LogP contribution is 2.24. The summed E-state index contributed by atoms with van der Waals surface area (Å²) >= 11 is 0. The van der Waals surface area contributed by atoms with E-state index < -0.39 is 0 Å². The van der Waals surface area contributed by atoms with Crippen molar-refractivity contribution in [2.45, 2.75) is 20.8 Å². The number of nitrogens with zero attached hydrogens (tertiary/aromatic N) is 2. The highest BCUT2D eigenvalue weighted by Gasteiger charge is 2.05. The van der Waals surface area contributed by atoms with Gasteiger partial charge < -0.3 is 15.4 Å². The van der Waals surface area contributed by atoms with Crippen LogP contribution in [0.1, 0.15) is 17.0 Å². The molecule has 0 radical (unpaired) electrons. The Balaban J connectivity index is 1.83. The van der Waals surface area contributed by atoms with E-state index in [1.807, 2.05) is 37.3 Å². The van der Waals surface area contributed by atoms with Crippen LogP contribution in [0, 0.1) is 20.8 Å². The SMILES string of the molecule is COc1ccc(Nc2cc(Nc3cc(C)ccc3C)nc(C)n2)cc1. The van der Waals surface area contributed by atoms with Gasteiger partial charge in [-0.05, 0) is 62.2 Å². The number of rotatable bonds is 5. The van der Waals surface area contributed by atoms with Crippen LogP contribution in [-0.2, 0) is 0 Å². The number of aromatic nitrogens is 2. The Labute approximate surface area is 148 Å². The fourth-order valence-electron chi connectivity index (χ4n) is 2.53. The first-order valence-corrected chi connectivity index (χ1v) is 8.14. The topological polar surface area (TPSA) is 59.1 Å². The van der Waals surface area contributed by atoms with Crippen LogP contribution in [0.25, 0.3) is 0 Å². The molecule has 3 aromatic rings. The van der Waals surface area contributed by atoms with E-state index in [2.05, 4.69) is 52.6 Å². The molecule has 0 unspecified atom stereocenters. The second kappa shape index (κ2) is 7.21. The predicted molar refractivity (Wildman–Crippen MR) is 102 cm³/mol. The van der Waals surface area contributed by atoms with Crippen LogP contribution in [0.4, 0.5) is 23.0 Å². The quantitative estimate of drug-likeness (QED) is 0.695. The molecule has 0 saturated heterocycles. The van der Waals surface area contributed by atoms with Crippen LogP contribution in [0.15, 0.2) is 48.5 Å². The summed E-state index contributed by atoms with van der Waals surface area (Å²) in [6.07, 6.45) is 0. The van der Waals surface area contributed by atoms with Gasteiger partial charge in [0.25, 0.3) is 0 Å². The Morgan fingerprint density at radius 3 is 2.16 bits per heavy atom. The molecule has 0 aliphatic carbocycles. The molecule has 0 aliphatic heterocycles. The van der Waals surface area contributed by atoms with Crippen molar-refractivity contribution in [1.82, 2.24) is 9.97 Å². The first kappa shape index (κ1) is 16.8. The minimum absolute atomic E-state index is 0.700. The Bertz CT molecular complexity index is 875. The van der Waals surface area contributed by atoms with Crippen molar-refractivity contribution in [3.05, 3.63) is 65.5 Å². The molecule has 2 aromatic carbocycles. The molecule has 0 saturated carbocycles. The lowest BCUT2D eigenvalue weighted by molar-refractivity contribution is 0.415. The van der Waals surface area contributed by atoms with Crippen LogP contribution in [0.2, 0.25) is 0 Å². The summed E-state index contributed by atoms with van der Waals surface area (Å²) in [6.45, 7) is 6.03. The fraction of sp³-hybridized carbons (Fsp3) is 0.200. The van der Waals surface area contributed by atoms with E-state index in [0.717, 1.165) is 28.8 Å². The third kappa shape index (κ3) is 4.26. The summed E-state index contributed by atoms with van der Waals surface area (Å²) in [5.74, 6) is 3.02. The standard InChI is InChI=1S/C20H22N4O/c1-13-5-6-14(2)18(11-13)24-20-12-19(21-15(3)22-20)23-16-7-9-17(25-4)10-8-16/h5-12H,1-4H3,(H2,21,22,23,24). The maximum atomic E-state index is 5.18. The molecule has 0 fully saturated rings. The number of ether oxygens (including phenoxy) is 1. The molecule has 0 aliphatic rings. The molecule has 5 heteroatoms. The third-order valence-corrected chi connectivity index (χ3v) is 3.86. The van der Waals surface area contributed by atoms with Gasteiger partial charge in [0.1, 0.15) is 23.2 Å². The minimum atomic E-state index is 0.700. The van der Waals surface area contributed by atoms with Crippen LogP contribution >= 0.6 is 0 Å². The van der Waals surface area contributed by atoms with Gasteiger partial charge in [-0.2, -0.15) is 0 Å². The molecule has 0 atom stereocenters. The van der Waals surface area contributed by atoms with Crippen LogP contribution < -0.4 is 15.4 Å². The zero-order chi connectivity index (χ0) is 17.8. The minimum Gasteiger partial charge on any atom is -0.497 e. The van der Waals surface area contributed by atoms with Crippen LogP contribution in [0.5, 0.6) is 5.75 Å². The second-order valence-corrected chi connectivity index (χ2v) is 5.98. The summed E-state index contributed by atoms with van der Waals surface area (Å²) in [4.78, 5) is 8.95. The smallest absolute Gasteiger partial charge is 0.136 e. The van der Waals surface area contributed by atoms with Crippen molar-refractivity contribution < 1.29 is 4.74 Å². The predicted octanol–water partition coefficient (Wildman–Crippen LogP) is 4.90.